The third-order valence-corrected chi connectivity index (χ3v) is 4.87. The molecule has 2 heterocycles. The maximum atomic E-state index is 6.01. The van der Waals surface area contributed by atoms with Crippen LogP contribution in [0, 0.1) is 0 Å². The van der Waals surface area contributed by atoms with Crippen LogP contribution in [0.15, 0.2) is 59.9 Å². The Kier molecular flexibility index (Phi) is 4.54. The van der Waals surface area contributed by atoms with Crippen molar-refractivity contribution in [3.63, 3.8) is 0 Å². The number of thioether (sulfide) groups is 1. The molecule has 0 fully saturated rings. The lowest BCUT2D eigenvalue weighted by Crippen LogP contribution is -2.13. The monoisotopic (exact) mass is 351 g/mol. The molecule has 1 aliphatic rings. The highest BCUT2D eigenvalue weighted by Gasteiger charge is 2.16. The first-order valence-electron chi connectivity index (χ1n) is 7.92. The van der Waals surface area contributed by atoms with Crippen molar-refractivity contribution in [2.24, 2.45) is 0 Å². The third-order valence-electron chi connectivity index (χ3n) is 3.90. The molecule has 0 atom stereocenters. The van der Waals surface area contributed by atoms with E-state index in [1.807, 2.05) is 48.5 Å². The Morgan fingerprint density at radius 3 is 2.84 bits per heavy atom. The summed E-state index contributed by atoms with van der Waals surface area (Å²) in [6.45, 7) is 0.809. The van der Waals surface area contributed by atoms with Gasteiger partial charge in [-0.25, -0.2) is 9.97 Å². The average Bonchev–Trinajstić information content (AvgIpc) is 2.67. The zero-order valence-corrected chi connectivity index (χ0v) is 14.3. The van der Waals surface area contributed by atoms with E-state index in [2.05, 4.69) is 9.97 Å². The van der Waals surface area contributed by atoms with Gasteiger partial charge in [-0.3, -0.25) is 0 Å². The van der Waals surface area contributed by atoms with Gasteiger partial charge in [-0.05, 0) is 18.2 Å². The van der Waals surface area contributed by atoms with Crippen LogP contribution in [0.4, 0.5) is 5.69 Å². The van der Waals surface area contributed by atoms with Gasteiger partial charge in [0.1, 0.15) is 17.1 Å². The van der Waals surface area contributed by atoms with Crippen molar-refractivity contribution < 1.29 is 9.47 Å². The molecule has 6 heteroatoms. The van der Waals surface area contributed by atoms with E-state index in [0.717, 1.165) is 44.6 Å². The van der Waals surface area contributed by atoms with Gasteiger partial charge in [0, 0.05) is 28.1 Å². The van der Waals surface area contributed by atoms with Crippen molar-refractivity contribution in [1.82, 2.24) is 9.97 Å². The van der Waals surface area contributed by atoms with E-state index >= 15 is 0 Å². The predicted molar refractivity (Wildman–Crippen MR) is 98.2 cm³/mol. The molecule has 25 heavy (non-hydrogen) atoms. The number of nitrogens with two attached hydrogens (primary N) is 1. The van der Waals surface area contributed by atoms with Crippen LogP contribution in [0.5, 0.6) is 5.75 Å². The van der Waals surface area contributed by atoms with Gasteiger partial charge in [-0.2, -0.15) is 0 Å². The first kappa shape index (κ1) is 15.9. The summed E-state index contributed by atoms with van der Waals surface area (Å²) in [4.78, 5) is 8.73. The van der Waals surface area contributed by atoms with Crippen molar-refractivity contribution in [3.8, 4) is 17.0 Å². The van der Waals surface area contributed by atoms with Crippen LogP contribution in [0.1, 0.15) is 11.1 Å². The minimum atomic E-state index is 0.278. The number of nitrogen functional groups attached to an aromatic ring is 1. The average molecular weight is 351 g/mol. The zero-order chi connectivity index (χ0) is 17.1. The van der Waals surface area contributed by atoms with Crippen LogP contribution in [-0.4, -0.2) is 16.8 Å². The molecular weight excluding hydrogens is 334 g/mol. The number of benzene rings is 2. The van der Waals surface area contributed by atoms with Crippen LogP contribution in [-0.2, 0) is 17.1 Å². The van der Waals surface area contributed by atoms with Gasteiger partial charge in [0.25, 0.3) is 0 Å². The normalized spacial score (nSPS) is 13.1. The molecule has 2 N–H and O–H groups in total. The topological polar surface area (TPSA) is 70.3 Å². The number of nitrogens with zero attached hydrogens (tertiary/aromatic N) is 2. The number of fused-ring (bicyclic) bond motifs is 1. The van der Waals surface area contributed by atoms with E-state index in [9.17, 15) is 0 Å². The molecule has 3 aromatic rings. The highest BCUT2D eigenvalue weighted by molar-refractivity contribution is 7.98. The van der Waals surface area contributed by atoms with Crippen molar-refractivity contribution in [2.75, 3.05) is 12.5 Å². The number of rotatable bonds is 4. The first-order valence-corrected chi connectivity index (χ1v) is 8.90. The van der Waals surface area contributed by atoms with Gasteiger partial charge in [0.05, 0.1) is 12.3 Å². The van der Waals surface area contributed by atoms with Crippen molar-refractivity contribution in [2.45, 2.75) is 17.4 Å². The summed E-state index contributed by atoms with van der Waals surface area (Å²) in [5, 5.41) is 0.914. The summed E-state index contributed by atoms with van der Waals surface area (Å²) in [6.07, 6.45) is 1.60. The largest absolute Gasteiger partial charge is 0.467 e. The zero-order valence-electron chi connectivity index (χ0n) is 13.5. The highest BCUT2D eigenvalue weighted by Crippen LogP contribution is 2.35. The Morgan fingerprint density at radius 1 is 1.08 bits per heavy atom. The molecule has 126 valence electrons. The lowest BCUT2D eigenvalue weighted by atomic mass is 10.1. The first-order chi connectivity index (χ1) is 12.3. The Labute approximate surface area is 150 Å². The van der Waals surface area contributed by atoms with E-state index in [1.165, 1.54) is 0 Å². The number of hydrogen-bond acceptors (Lipinski definition) is 6. The molecule has 0 bridgehead atoms. The molecule has 0 aliphatic carbocycles. The molecule has 0 radical (unpaired) electrons. The quantitative estimate of drug-likeness (QED) is 0.437. The second-order valence-corrected chi connectivity index (χ2v) is 6.67. The summed E-state index contributed by atoms with van der Waals surface area (Å²) < 4.78 is 11.0. The van der Waals surface area contributed by atoms with Gasteiger partial charge in [0.15, 0.2) is 6.79 Å². The number of ether oxygens (including phenoxy) is 2. The molecule has 1 aliphatic heterocycles. The molecule has 5 nitrogen and oxygen atoms in total. The maximum Gasteiger partial charge on any atom is 0.189 e. The van der Waals surface area contributed by atoms with Crippen molar-refractivity contribution in [1.29, 1.82) is 0 Å². The molecule has 2 aromatic carbocycles. The van der Waals surface area contributed by atoms with Gasteiger partial charge < -0.3 is 15.2 Å². The van der Waals surface area contributed by atoms with Crippen LogP contribution in [0.25, 0.3) is 11.3 Å². The van der Waals surface area contributed by atoms with Crippen LogP contribution >= 0.6 is 11.8 Å². The molecule has 0 saturated carbocycles. The lowest BCUT2D eigenvalue weighted by Gasteiger charge is -2.21. The summed E-state index contributed by atoms with van der Waals surface area (Å²) in [5.41, 5.74) is 10.8. The van der Waals surface area contributed by atoms with Crippen LogP contribution < -0.4 is 10.5 Å². The number of anilines is 1. The fraction of sp³-hybridized carbons (Fsp3) is 0.158. The molecular formula is C19H17N3O2S. The van der Waals surface area contributed by atoms with E-state index < -0.39 is 0 Å². The van der Waals surface area contributed by atoms with Crippen molar-refractivity contribution >= 4 is 17.4 Å². The van der Waals surface area contributed by atoms with Crippen LogP contribution in [0.2, 0.25) is 0 Å². The Balaban J connectivity index is 1.55. The molecule has 0 saturated heterocycles. The minimum Gasteiger partial charge on any atom is -0.467 e. The second-order valence-electron chi connectivity index (χ2n) is 5.68. The highest BCUT2D eigenvalue weighted by atomic mass is 32.2. The van der Waals surface area contributed by atoms with Gasteiger partial charge in [-0.1, -0.05) is 30.3 Å². The second kappa shape index (κ2) is 7.13. The smallest absolute Gasteiger partial charge is 0.189 e. The standard InChI is InChI=1S/C19H17N3O2S/c20-16-6-14-9-23-12-24-19(14)15(7-16)10-25-18-8-17(21-11-22-18)13-4-2-1-3-5-13/h1-8,11H,9-10,12,20H2. The fourth-order valence-electron chi connectivity index (χ4n) is 2.77. The number of aromatic nitrogens is 2. The maximum absolute atomic E-state index is 6.01. The number of hydrogen-bond donors (Lipinski definition) is 1. The molecule has 0 unspecified atom stereocenters. The summed E-state index contributed by atoms with van der Waals surface area (Å²) in [5.74, 6) is 1.60. The summed E-state index contributed by atoms with van der Waals surface area (Å²) in [7, 11) is 0. The SMILES string of the molecule is Nc1cc2c(c(CSc3cc(-c4ccccc4)ncn3)c1)OCOC2. The summed E-state index contributed by atoms with van der Waals surface area (Å²) >= 11 is 1.64. The molecule has 1 aromatic heterocycles. The Bertz CT molecular complexity index is 887. The predicted octanol–water partition coefficient (Wildman–Crippen LogP) is 3.88. The molecule has 0 spiro atoms. The van der Waals surface area contributed by atoms with Gasteiger partial charge in [-0.15, -0.1) is 11.8 Å². The van der Waals surface area contributed by atoms with E-state index in [4.69, 9.17) is 15.2 Å². The molecule has 0 amide bonds. The van der Waals surface area contributed by atoms with E-state index in [-0.39, 0.29) is 6.79 Å². The van der Waals surface area contributed by atoms with Crippen LogP contribution in [0.3, 0.4) is 0 Å². The summed E-state index contributed by atoms with van der Waals surface area (Å²) in [6, 6.07) is 15.9. The van der Waals surface area contributed by atoms with Gasteiger partial charge in [0.2, 0.25) is 0 Å². The van der Waals surface area contributed by atoms with E-state index in [1.54, 1.807) is 18.1 Å². The molecule has 4 rings (SSSR count). The fourth-order valence-corrected chi connectivity index (χ4v) is 3.60. The van der Waals surface area contributed by atoms with Crippen molar-refractivity contribution in [3.05, 3.63) is 66.0 Å². The Hall–Kier alpha value is -2.57. The van der Waals surface area contributed by atoms with E-state index in [0.29, 0.717) is 6.61 Å². The van der Waals surface area contributed by atoms with Gasteiger partial charge >= 0.3 is 0 Å². The third kappa shape index (κ3) is 3.60. The Morgan fingerprint density at radius 2 is 1.96 bits per heavy atom. The minimum absolute atomic E-state index is 0.278. The lowest BCUT2D eigenvalue weighted by molar-refractivity contribution is -0.0168.